The SMILES string of the molecule is CC(C)c1cccc(C(C)C)c1Nc1cc(C(=O)N2CCOCC2)ccn1. The van der Waals surface area contributed by atoms with E-state index in [1.54, 1.807) is 12.3 Å². The molecule has 2 heterocycles. The number of nitrogens with one attached hydrogen (secondary N) is 1. The quantitative estimate of drug-likeness (QED) is 0.843. The van der Waals surface area contributed by atoms with Gasteiger partial charge in [0.15, 0.2) is 0 Å². The van der Waals surface area contributed by atoms with Gasteiger partial charge in [0, 0.05) is 30.5 Å². The van der Waals surface area contributed by atoms with Crippen molar-refractivity contribution in [1.29, 1.82) is 0 Å². The Morgan fingerprint density at radius 1 is 1.07 bits per heavy atom. The molecule has 0 bridgehead atoms. The van der Waals surface area contributed by atoms with Crippen LogP contribution in [0.5, 0.6) is 0 Å². The van der Waals surface area contributed by atoms with E-state index < -0.39 is 0 Å². The Kier molecular flexibility index (Phi) is 6.11. The van der Waals surface area contributed by atoms with E-state index >= 15 is 0 Å². The monoisotopic (exact) mass is 367 g/mol. The van der Waals surface area contributed by atoms with Gasteiger partial charge >= 0.3 is 0 Å². The van der Waals surface area contributed by atoms with Crippen molar-refractivity contribution in [2.24, 2.45) is 0 Å². The average Bonchev–Trinajstić information content (AvgIpc) is 2.68. The Morgan fingerprint density at radius 3 is 2.30 bits per heavy atom. The van der Waals surface area contributed by atoms with Crippen LogP contribution in [-0.2, 0) is 4.74 Å². The first kappa shape index (κ1) is 19.4. The Labute approximate surface area is 161 Å². The molecule has 1 aromatic carbocycles. The molecule has 1 amide bonds. The van der Waals surface area contributed by atoms with Crippen molar-refractivity contribution in [2.45, 2.75) is 39.5 Å². The second kappa shape index (κ2) is 8.53. The van der Waals surface area contributed by atoms with Crippen molar-refractivity contribution in [3.63, 3.8) is 0 Å². The lowest BCUT2D eigenvalue weighted by molar-refractivity contribution is 0.0303. The topological polar surface area (TPSA) is 54.5 Å². The number of amides is 1. The predicted octanol–water partition coefficient (Wildman–Crippen LogP) is 4.54. The van der Waals surface area contributed by atoms with E-state index in [4.69, 9.17) is 4.74 Å². The molecule has 0 radical (unpaired) electrons. The van der Waals surface area contributed by atoms with Gasteiger partial charge in [0.25, 0.3) is 5.91 Å². The number of benzene rings is 1. The zero-order valence-corrected chi connectivity index (χ0v) is 16.7. The number of carbonyl (C=O) groups excluding carboxylic acids is 1. The van der Waals surface area contributed by atoms with Gasteiger partial charge in [0.05, 0.1) is 13.2 Å². The molecule has 5 heteroatoms. The maximum absolute atomic E-state index is 12.8. The Hall–Kier alpha value is -2.40. The first-order valence-corrected chi connectivity index (χ1v) is 9.70. The van der Waals surface area contributed by atoms with Gasteiger partial charge in [0.1, 0.15) is 5.82 Å². The van der Waals surface area contributed by atoms with E-state index in [0.29, 0.717) is 49.5 Å². The highest BCUT2D eigenvalue weighted by Gasteiger charge is 2.20. The average molecular weight is 367 g/mol. The van der Waals surface area contributed by atoms with E-state index in [1.807, 2.05) is 11.0 Å². The summed E-state index contributed by atoms with van der Waals surface area (Å²) in [5, 5.41) is 3.50. The van der Waals surface area contributed by atoms with Crippen molar-refractivity contribution in [3.05, 3.63) is 53.2 Å². The van der Waals surface area contributed by atoms with Crippen LogP contribution in [0.2, 0.25) is 0 Å². The van der Waals surface area contributed by atoms with Crippen LogP contribution in [0.15, 0.2) is 36.5 Å². The molecular weight excluding hydrogens is 338 g/mol. The molecule has 1 aliphatic heterocycles. The highest BCUT2D eigenvalue weighted by atomic mass is 16.5. The molecular formula is C22H29N3O2. The number of pyridine rings is 1. The van der Waals surface area contributed by atoms with Gasteiger partial charge in [-0.2, -0.15) is 0 Å². The first-order chi connectivity index (χ1) is 13.0. The van der Waals surface area contributed by atoms with Gasteiger partial charge in [0.2, 0.25) is 0 Å². The number of rotatable bonds is 5. The Bertz CT molecular complexity index is 770. The molecule has 1 N–H and O–H groups in total. The number of aromatic nitrogens is 1. The maximum Gasteiger partial charge on any atom is 0.254 e. The highest BCUT2D eigenvalue weighted by Crippen LogP contribution is 2.34. The van der Waals surface area contributed by atoms with Crippen LogP contribution in [0.4, 0.5) is 11.5 Å². The second-order valence-electron chi connectivity index (χ2n) is 7.58. The molecule has 1 fully saturated rings. The molecule has 5 nitrogen and oxygen atoms in total. The number of morpholine rings is 1. The molecule has 0 aliphatic carbocycles. The largest absolute Gasteiger partial charge is 0.378 e. The minimum Gasteiger partial charge on any atom is -0.378 e. The lowest BCUT2D eigenvalue weighted by Crippen LogP contribution is -2.40. The van der Waals surface area contributed by atoms with Crippen molar-refractivity contribution < 1.29 is 9.53 Å². The minimum absolute atomic E-state index is 0.0324. The van der Waals surface area contributed by atoms with E-state index in [2.05, 4.69) is 56.2 Å². The van der Waals surface area contributed by atoms with Crippen LogP contribution < -0.4 is 5.32 Å². The lowest BCUT2D eigenvalue weighted by atomic mass is 9.92. The third kappa shape index (κ3) is 4.48. The number of anilines is 2. The number of nitrogens with zero attached hydrogens (tertiary/aromatic N) is 2. The predicted molar refractivity (Wildman–Crippen MR) is 109 cm³/mol. The number of para-hydroxylation sites is 1. The van der Waals surface area contributed by atoms with Gasteiger partial charge in [-0.1, -0.05) is 45.9 Å². The van der Waals surface area contributed by atoms with Gasteiger partial charge in [-0.3, -0.25) is 4.79 Å². The highest BCUT2D eigenvalue weighted by molar-refractivity contribution is 5.95. The molecule has 27 heavy (non-hydrogen) atoms. The zero-order valence-electron chi connectivity index (χ0n) is 16.7. The zero-order chi connectivity index (χ0) is 19.4. The number of hydrogen-bond donors (Lipinski definition) is 1. The number of carbonyl (C=O) groups is 1. The number of hydrogen-bond acceptors (Lipinski definition) is 4. The summed E-state index contributed by atoms with van der Waals surface area (Å²) in [5.41, 5.74) is 4.27. The second-order valence-corrected chi connectivity index (χ2v) is 7.58. The molecule has 0 atom stereocenters. The summed E-state index contributed by atoms with van der Waals surface area (Å²) in [6.45, 7) is 11.2. The van der Waals surface area contributed by atoms with Crippen LogP contribution in [0.25, 0.3) is 0 Å². The molecule has 1 aromatic heterocycles. The van der Waals surface area contributed by atoms with Crippen LogP contribution in [0, 0.1) is 0 Å². The van der Waals surface area contributed by atoms with Crippen LogP contribution in [0.1, 0.15) is 61.0 Å². The molecule has 0 saturated carbocycles. The van der Waals surface area contributed by atoms with E-state index in [0.717, 1.165) is 5.69 Å². The van der Waals surface area contributed by atoms with Gasteiger partial charge in [-0.05, 0) is 35.1 Å². The van der Waals surface area contributed by atoms with Crippen LogP contribution in [0.3, 0.4) is 0 Å². The first-order valence-electron chi connectivity index (χ1n) is 9.70. The normalized spacial score (nSPS) is 14.7. The molecule has 3 rings (SSSR count). The van der Waals surface area contributed by atoms with Crippen molar-refractivity contribution in [1.82, 2.24) is 9.88 Å². The molecule has 2 aromatic rings. The summed E-state index contributed by atoms with van der Waals surface area (Å²) >= 11 is 0. The fourth-order valence-corrected chi connectivity index (χ4v) is 3.40. The van der Waals surface area contributed by atoms with Crippen LogP contribution >= 0.6 is 0 Å². The minimum atomic E-state index is 0.0324. The summed E-state index contributed by atoms with van der Waals surface area (Å²) in [7, 11) is 0. The smallest absolute Gasteiger partial charge is 0.254 e. The number of ether oxygens (including phenoxy) is 1. The van der Waals surface area contributed by atoms with E-state index in [1.165, 1.54) is 11.1 Å². The summed E-state index contributed by atoms with van der Waals surface area (Å²) in [6.07, 6.45) is 1.70. The lowest BCUT2D eigenvalue weighted by Gasteiger charge is -2.27. The van der Waals surface area contributed by atoms with Gasteiger partial charge in [-0.15, -0.1) is 0 Å². The summed E-state index contributed by atoms with van der Waals surface area (Å²) in [6, 6.07) is 10.0. The maximum atomic E-state index is 12.8. The summed E-state index contributed by atoms with van der Waals surface area (Å²) in [5.74, 6) is 1.52. The fraction of sp³-hybridized carbons (Fsp3) is 0.455. The molecule has 1 aliphatic rings. The van der Waals surface area contributed by atoms with E-state index in [9.17, 15) is 4.79 Å². The van der Waals surface area contributed by atoms with E-state index in [-0.39, 0.29) is 5.91 Å². The molecule has 1 saturated heterocycles. The van der Waals surface area contributed by atoms with Crippen molar-refractivity contribution in [3.8, 4) is 0 Å². The van der Waals surface area contributed by atoms with Crippen molar-refractivity contribution in [2.75, 3.05) is 31.6 Å². The molecule has 0 unspecified atom stereocenters. The standard InChI is InChI=1S/C22H29N3O2/c1-15(2)18-6-5-7-19(16(3)4)21(18)24-20-14-17(8-9-23-20)22(26)25-10-12-27-13-11-25/h5-9,14-16H,10-13H2,1-4H3,(H,23,24). The van der Waals surface area contributed by atoms with Crippen LogP contribution in [-0.4, -0.2) is 42.1 Å². The summed E-state index contributed by atoms with van der Waals surface area (Å²) in [4.78, 5) is 19.1. The Balaban J connectivity index is 1.89. The fourth-order valence-electron chi connectivity index (χ4n) is 3.40. The third-order valence-electron chi connectivity index (χ3n) is 4.93. The van der Waals surface area contributed by atoms with Gasteiger partial charge in [-0.25, -0.2) is 4.98 Å². The third-order valence-corrected chi connectivity index (χ3v) is 4.93. The Morgan fingerprint density at radius 2 is 1.70 bits per heavy atom. The molecule has 144 valence electrons. The van der Waals surface area contributed by atoms with Gasteiger partial charge < -0.3 is 15.0 Å². The summed E-state index contributed by atoms with van der Waals surface area (Å²) < 4.78 is 5.34. The molecule has 0 spiro atoms. The van der Waals surface area contributed by atoms with Crippen molar-refractivity contribution >= 4 is 17.4 Å².